The number of methoxy groups -OCH3 is 1. The Balaban J connectivity index is 2.34. The number of amides is 1. The molecule has 0 aliphatic carbocycles. The highest BCUT2D eigenvalue weighted by Crippen LogP contribution is 2.31. The van der Waals surface area contributed by atoms with Crippen molar-refractivity contribution in [2.45, 2.75) is 58.7 Å². The zero-order valence-electron chi connectivity index (χ0n) is 15.8. The third-order valence-electron chi connectivity index (χ3n) is 4.28. The molecule has 1 aromatic heterocycles. The van der Waals surface area contributed by atoms with E-state index in [4.69, 9.17) is 9.47 Å². The molecule has 1 amide bonds. The molecule has 136 valence electrons. The highest BCUT2D eigenvalue weighted by molar-refractivity contribution is 6.05. The van der Waals surface area contributed by atoms with Crippen molar-refractivity contribution in [3.8, 4) is 5.75 Å². The largest absolute Gasteiger partial charge is 0.489 e. The van der Waals surface area contributed by atoms with Crippen molar-refractivity contribution in [3.05, 3.63) is 30.5 Å². The number of unbranched alkanes of at least 4 members (excludes halogenated alkanes) is 1. The van der Waals surface area contributed by atoms with Crippen molar-refractivity contribution in [2.24, 2.45) is 0 Å². The standard InChI is InChI=1S/C20H28N2O3/c1-6-7-12-20(4,24-5)19(23)22-16-10-11-17(25-14(2)3)18-15(16)9-8-13-21-18/h8-11,13-14H,6-7,12H2,1-5H3,(H,22,23)/t20-/m1/s1. The minimum atomic E-state index is -0.850. The van der Waals surface area contributed by atoms with Crippen LogP contribution < -0.4 is 10.1 Å². The molecule has 2 rings (SSSR count). The van der Waals surface area contributed by atoms with E-state index in [0.29, 0.717) is 17.9 Å². The highest BCUT2D eigenvalue weighted by Gasteiger charge is 2.32. The normalized spacial score (nSPS) is 13.7. The van der Waals surface area contributed by atoms with Crippen LogP contribution in [0.4, 0.5) is 5.69 Å². The Morgan fingerprint density at radius 3 is 2.72 bits per heavy atom. The molecular weight excluding hydrogens is 316 g/mol. The number of hydrogen-bond acceptors (Lipinski definition) is 4. The molecule has 0 bridgehead atoms. The third kappa shape index (κ3) is 4.48. The van der Waals surface area contributed by atoms with E-state index in [1.54, 1.807) is 13.3 Å². The van der Waals surface area contributed by atoms with Gasteiger partial charge in [0, 0.05) is 18.7 Å². The van der Waals surface area contributed by atoms with Gasteiger partial charge in [-0.05, 0) is 51.5 Å². The SMILES string of the molecule is CCCC[C@@](C)(OC)C(=O)Nc1ccc(OC(C)C)c2ncccc12. The molecule has 0 fully saturated rings. The number of carbonyl (C=O) groups excluding carboxylic acids is 1. The maximum absolute atomic E-state index is 12.8. The van der Waals surface area contributed by atoms with E-state index < -0.39 is 5.60 Å². The summed E-state index contributed by atoms with van der Waals surface area (Å²) in [5.74, 6) is 0.565. The van der Waals surface area contributed by atoms with Gasteiger partial charge in [0.1, 0.15) is 16.9 Å². The Morgan fingerprint density at radius 1 is 1.32 bits per heavy atom. The molecule has 0 aliphatic heterocycles. The molecule has 0 unspecified atom stereocenters. The maximum Gasteiger partial charge on any atom is 0.256 e. The summed E-state index contributed by atoms with van der Waals surface area (Å²) in [5, 5.41) is 3.86. The predicted octanol–water partition coefficient (Wildman–Crippen LogP) is 4.56. The second kappa shape index (κ2) is 8.30. The third-order valence-corrected chi connectivity index (χ3v) is 4.28. The molecule has 0 spiro atoms. The van der Waals surface area contributed by atoms with E-state index in [-0.39, 0.29) is 12.0 Å². The van der Waals surface area contributed by atoms with Crippen LogP contribution in [0, 0.1) is 0 Å². The van der Waals surface area contributed by atoms with Gasteiger partial charge in [-0.1, -0.05) is 19.8 Å². The first-order valence-electron chi connectivity index (χ1n) is 8.82. The van der Waals surface area contributed by atoms with Crippen LogP contribution in [0.1, 0.15) is 47.0 Å². The number of aromatic nitrogens is 1. The average molecular weight is 344 g/mol. The molecule has 1 N–H and O–H groups in total. The van der Waals surface area contributed by atoms with Gasteiger partial charge in [0.2, 0.25) is 0 Å². The van der Waals surface area contributed by atoms with Crippen molar-refractivity contribution in [3.63, 3.8) is 0 Å². The Labute approximate surface area is 149 Å². The molecule has 2 aromatic rings. The Kier molecular flexibility index (Phi) is 6.37. The zero-order chi connectivity index (χ0) is 18.4. The first kappa shape index (κ1) is 19.2. The maximum atomic E-state index is 12.8. The fourth-order valence-electron chi connectivity index (χ4n) is 2.68. The molecule has 5 heteroatoms. The summed E-state index contributed by atoms with van der Waals surface area (Å²) in [7, 11) is 1.58. The smallest absolute Gasteiger partial charge is 0.256 e. The van der Waals surface area contributed by atoms with Crippen molar-refractivity contribution >= 4 is 22.5 Å². The number of hydrogen-bond donors (Lipinski definition) is 1. The average Bonchev–Trinajstić information content (AvgIpc) is 2.61. The van der Waals surface area contributed by atoms with Gasteiger partial charge >= 0.3 is 0 Å². The lowest BCUT2D eigenvalue weighted by Crippen LogP contribution is -2.42. The second-order valence-electron chi connectivity index (χ2n) is 6.67. The number of nitrogens with zero attached hydrogens (tertiary/aromatic N) is 1. The van der Waals surface area contributed by atoms with Gasteiger partial charge in [-0.25, -0.2) is 0 Å². The Hall–Kier alpha value is -2.14. The van der Waals surface area contributed by atoms with Gasteiger partial charge in [-0.2, -0.15) is 0 Å². The van der Waals surface area contributed by atoms with Gasteiger partial charge in [0.25, 0.3) is 5.91 Å². The monoisotopic (exact) mass is 344 g/mol. The van der Waals surface area contributed by atoms with Crippen molar-refractivity contribution < 1.29 is 14.3 Å². The molecule has 0 radical (unpaired) electrons. The summed E-state index contributed by atoms with van der Waals surface area (Å²) in [6.45, 7) is 7.87. The van der Waals surface area contributed by atoms with E-state index >= 15 is 0 Å². The molecule has 1 atom stereocenters. The predicted molar refractivity (Wildman–Crippen MR) is 101 cm³/mol. The lowest BCUT2D eigenvalue weighted by molar-refractivity contribution is -0.136. The van der Waals surface area contributed by atoms with Gasteiger partial charge in [0.15, 0.2) is 0 Å². The molecule has 1 aromatic carbocycles. The summed E-state index contributed by atoms with van der Waals surface area (Å²) in [6, 6.07) is 7.49. The minimum Gasteiger partial charge on any atom is -0.489 e. The van der Waals surface area contributed by atoms with Crippen molar-refractivity contribution in [1.29, 1.82) is 0 Å². The number of rotatable bonds is 8. The van der Waals surface area contributed by atoms with Crippen LogP contribution in [0.15, 0.2) is 30.5 Å². The Bertz CT molecular complexity index is 730. The van der Waals surface area contributed by atoms with Gasteiger partial charge in [-0.3, -0.25) is 9.78 Å². The molecule has 0 saturated carbocycles. The first-order valence-corrected chi connectivity index (χ1v) is 8.82. The van der Waals surface area contributed by atoms with Crippen LogP contribution in [-0.4, -0.2) is 29.7 Å². The lowest BCUT2D eigenvalue weighted by Gasteiger charge is -2.27. The van der Waals surface area contributed by atoms with Crippen LogP contribution in [0.5, 0.6) is 5.75 Å². The van der Waals surface area contributed by atoms with E-state index in [1.807, 2.05) is 45.0 Å². The number of nitrogens with one attached hydrogen (secondary N) is 1. The van der Waals surface area contributed by atoms with Crippen LogP contribution in [-0.2, 0) is 9.53 Å². The van der Waals surface area contributed by atoms with Crippen molar-refractivity contribution in [1.82, 2.24) is 4.98 Å². The zero-order valence-corrected chi connectivity index (χ0v) is 15.8. The number of ether oxygens (including phenoxy) is 2. The molecule has 0 aliphatic rings. The second-order valence-corrected chi connectivity index (χ2v) is 6.67. The number of benzene rings is 1. The summed E-state index contributed by atoms with van der Waals surface area (Å²) in [4.78, 5) is 17.2. The highest BCUT2D eigenvalue weighted by atomic mass is 16.5. The van der Waals surface area contributed by atoms with E-state index in [0.717, 1.165) is 23.7 Å². The fraction of sp³-hybridized carbons (Fsp3) is 0.500. The summed E-state index contributed by atoms with van der Waals surface area (Å²) < 4.78 is 11.3. The van der Waals surface area contributed by atoms with E-state index in [1.165, 1.54) is 0 Å². The molecule has 25 heavy (non-hydrogen) atoms. The van der Waals surface area contributed by atoms with Gasteiger partial charge in [0.05, 0.1) is 11.8 Å². The molecule has 5 nitrogen and oxygen atoms in total. The number of fused-ring (bicyclic) bond motifs is 1. The fourth-order valence-corrected chi connectivity index (χ4v) is 2.68. The summed E-state index contributed by atoms with van der Waals surface area (Å²) >= 11 is 0. The Morgan fingerprint density at radius 2 is 2.08 bits per heavy atom. The van der Waals surface area contributed by atoms with Crippen molar-refractivity contribution in [2.75, 3.05) is 12.4 Å². The van der Waals surface area contributed by atoms with Crippen LogP contribution in [0.2, 0.25) is 0 Å². The lowest BCUT2D eigenvalue weighted by atomic mass is 9.97. The number of pyridine rings is 1. The number of carbonyl (C=O) groups is 1. The summed E-state index contributed by atoms with van der Waals surface area (Å²) in [5.41, 5.74) is 0.600. The van der Waals surface area contributed by atoms with Gasteiger partial charge in [-0.15, -0.1) is 0 Å². The quantitative estimate of drug-likeness (QED) is 0.763. The van der Waals surface area contributed by atoms with Gasteiger partial charge < -0.3 is 14.8 Å². The number of anilines is 1. The van der Waals surface area contributed by atoms with Crippen LogP contribution in [0.3, 0.4) is 0 Å². The van der Waals surface area contributed by atoms with E-state index in [9.17, 15) is 4.79 Å². The molecule has 1 heterocycles. The topological polar surface area (TPSA) is 60.5 Å². The molecular formula is C20H28N2O3. The van der Waals surface area contributed by atoms with E-state index in [2.05, 4.69) is 17.2 Å². The minimum absolute atomic E-state index is 0.0523. The van der Waals surface area contributed by atoms with Crippen LogP contribution in [0.25, 0.3) is 10.9 Å². The summed E-state index contributed by atoms with van der Waals surface area (Å²) in [6.07, 6.45) is 4.40. The van der Waals surface area contributed by atoms with Crippen LogP contribution >= 0.6 is 0 Å². The molecule has 0 saturated heterocycles. The first-order chi connectivity index (χ1) is 11.9.